The summed E-state index contributed by atoms with van der Waals surface area (Å²) in [5, 5.41) is 4.40. The fourth-order valence-corrected chi connectivity index (χ4v) is 3.99. The van der Waals surface area contributed by atoms with E-state index in [1.807, 2.05) is 0 Å². The maximum absolute atomic E-state index is 3.50. The predicted octanol–water partition coefficient (Wildman–Crippen LogP) is 1.96. The van der Waals surface area contributed by atoms with Gasteiger partial charge in [0, 0.05) is 24.4 Å². The van der Waals surface area contributed by atoms with E-state index in [-0.39, 0.29) is 0 Å². The van der Waals surface area contributed by atoms with Crippen molar-refractivity contribution in [1.29, 1.82) is 0 Å². The number of rotatable bonds is 2. The van der Waals surface area contributed by atoms with Gasteiger partial charge in [-0.15, -0.1) is 0 Å². The number of thioether (sulfide) groups is 1. The van der Waals surface area contributed by atoms with E-state index in [1.165, 1.54) is 58.3 Å². The Bertz CT molecular complexity index is 178. The molecule has 0 radical (unpaired) electrons. The Morgan fingerprint density at radius 1 is 1.07 bits per heavy atom. The Kier molecular flexibility index (Phi) is 4.79. The highest BCUT2D eigenvalue weighted by molar-refractivity contribution is 7.99. The largest absolute Gasteiger partial charge is 0.315 e. The average Bonchev–Trinajstić information content (AvgIpc) is 2.57. The molecular formula is C12H24N2S. The molecule has 1 aliphatic heterocycles. The third kappa shape index (κ3) is 3.11. The summed E-state index contributed by atoms with van der Waals surface area (Å²) in [4.78, 5) is 2.75. The highest BCUT2D eigenvalue weighted by atomic mass is 32.2. The van der Waals surface area contributed by atoms with Crippen LogP contribution in [-0.2, 0) is 0 Å². The zero-order chi connectivity index (χ0) is 10.5. The van der Waals surface area contributed by atoms with Crippen molar-refractivity contribution in [3.63, 3.8) is 0 Å². The molecule has 1 aliphatic carbocycles. The number of nitrogens with zero attached hydrogens (tertiary/aromatic N) is 1. The molecule has 0 bridgehead atoms. The molecule has 2 fully saturated rings. The van der Waals surface area contributed by atoms with Gasteiger partial charge in [-0.3, -0.25) is 4.90 Å². The third-order valence-electron chi connectivity index (χ3n) is 3.81. The molecule has 88 valence electrons. The molecule has 0 aromatic carbocycles. The third-order valence-corrected chi connectivity index (χ3v) is 4.97. The van der Waals surface area contributed by atoms with Crippen molar-refractivity contribution in [3.05, 3.63) is 0 Å². The molecule has 2 nitrogen and oxygen atoms in total. The summed E-state index contributed by atoms with van der Waals surface area (Å²) in [6.45, 7) is 4.99. The molecule has 0 spiro atoms. The van der Waals surface area contributed by atoms with Gasteiger partial charge in [0.2, 0.25) is 0 Å². The van der Waals surface area contributed by atoms with E-state index >= 15 is 0 Å². The van der Waals surface area contributed by atoms with Crippen molar-refractivity contribution >= 4 is 11.8 Å². The molecule has 3 heteroatoms. The normalized spacial score (nSPS) is 35.0. The summed E-state index contributed by atoms with van der Waals surface area (Å²) < 4.78 is 0. The summed E-state index contributed by atoms with van der Waals surface area (Å²) in [7, 11) is 0. The van der Waals surface area contributed by atoms with Gasteiger partial charge in [-0.05, 0) is 38.6 Å². The first kappa shape index (κ1) is 11.7. The standard InChI is InChI=1S/C12H24N2S/c1-15-12-6-3-2-5-11(12)14-9-4-7-13-8-10-14/h11-13H,2-10H2,1H3. The Labute approximate surface area is 98.2 Å². The lowest BCUT2D eigenvalue weighted by Crippen LogP contribution is -2.45. The molecule has 2 unspecified atom stereocenters. The summed E-state index contributed by atoms with van der Waals surface area (Å²) >= 11 is 2.09. The molecule has 2 rings (SSSR count). The highest BCUT2D eigenvalue weighted by Gasteiger charge is 2.29. The van der Waals surface area contributed by atoms with Crippen LogP contribution in [0.25, 0.3) is 0 Å². The molecule has 2 aliphatic rings. The Morgan fingerprint density at radius 3 is 2.80 bits per heavy atom. The zero-order valence-electron chi connectivity index (χ0n) is 9.87. The van der Waals surface area contributed by atoms with Crippen molar-refractivity contribution < 1.29 is 0 Å². The van der Waals surface area contributed by atoms with Crippen LogP contribution in [0.1, 0.15) is 32.1 Å². The lowest BCUT2D eigenvalue weighted by Gasteiger charge is -2.38. The van der Waals surface area contributed by atoms with Crippen molar-refractivity contribution in [2.24, 2.45) is 0 Å². The van der Waals surface area contributed by atoms with Crippen LogP contribution in [-0.4, -0.2) is 48.6 Å². The van der Waals surface area contributed by atoms with Gasteiger partial charge in [0.15, 0.2) is 0 Å². The first-order valence-corrected chi connectivity index (χ1v) is 7.68. The van der Waals surface area contributed by atoms with Crippen molar-refractivity contribution in [3.8, 4) is 0 Å². The van der Waals surface area contributed by atoms with Gasteiger partial charge in [-0.2, -0.15) is 11.8 Å². The van der Waals surface area contributed by atoms with Gasteiger partial charge >= 0.3 is 0 Å². The van der Waals surface area contributed by atoms with Crippen LogP contribution in [0.5, 0.6) is 0 Å². The van der Waals surface area contributed by atoms with Gasteiger partial charge in [0.05, 0.1) is 0 Å². The lowest BCUT2D eigenvalue weighted by atomic mass is 9.93. The second kappa shape index (κ2) is 6.12. The maximum atomic E-state index is 3.50. The Hall–Kier alpha value is 0.270. The second-order valence-electron chi connectivity index (χ2n) is 4.77. The molecule has 0 aromatic heterocycles. The van der Waals surface area contributed by atoms with Crippen LogP contribution in [0.15, 0.2) is 0 Å². The quantitative estimate of drug-likeness (QED) is 0.778. The van der Waals surface area contributed by atoms with Gasteiger partial charge in [-0.25, -0.2) is 0 Å². The van der Waals surface area contributed by atoms with E-state index in [1.54, 1.807) is 0 Å². The first-order chi connectivity index (χ1) is 7.42. The fraction of sp³-hybridized carbons (Fsp3) is 1.00. The minimum atomic E-state index is 0.869. The molecule has 15 heavy (non-hydrogen) atoms. The summed E-state index contributed by atoms with van der Waals surface area (Å²) in [5.74, 6) is 0. The van der Waals surface area contributed by atoms with Crippen molar-refractivity contribution in [2.75, 3.05) is 32.4 Å². The molecular weight excluding hydrogens is 204 g/mol. The smallest absolute Gasteiger partial charge is 0.0215 e. The van der Waals surface area contributed by atoms with E-state index in [2.05, 4.69) is 28.2 Å². The van der Waals surface area contributed by atoms with Crippen LogP contribution in [0.2, 0.25) is 0 Å². The summed E-state index contributed by atoms with van der Waals surface area (Å²) in [5.41, 5.74) is 0. The molecule has 1 heterocycles. The van der Waals surface area contributed by atoms with E-state index in [9.17, 15) is 0 Å². The Morgan fingerprint density at radius 2 is 1.93 bits per heavy atom. The molecule has 1 N–H and O–H groups in total. The topological polar surface area (TPSA) is 15.3 Å². The minimum Gasteiger partial charge on any atom is -0.315 e. The van der Waals surface area contributed by atoms with E-state index in [0.29, 0.717) is 0 Å². The van der Waals surface area contributed by atoms with Crippen LogP contribution >= 0.6 is 11.8 Å². The van der Waals surface area contributed by atoms with Gasteiger partial charge < -0.3 is 5.32 Å². The van der Waals surface area contributed by atoms with Crippen LogP contribution in [0, 0.1) is 0 Å². The zero-order valence-corrected chi connectivity index (χ0v) is 10.7. The molecule has 1 saturated heterocycles. The molecule has 1 saturated carbocycles. The van der Waals surface area contributed by atoms with Gasteiger partial charge in [0.1, 0.15) is 0 Å². The number of nitrogens with one attached hydrogen (secondary N) is 1. The van der Waals surface area contributed by atoms with Crippen LogP contribution < -0.4 is 5.32 Å². The number of hydrogen-bond acceptors (Lipinski definition) is 3. The van der Waals surface area contributed by atoms with Gasteiger partial charge in [0.25, 0.3) is 0 Å². The summed E-state index contributed by atoms with van der Waals surface area (Å²) in [6, 6.07) is 0.869. The van der Waals surface area contributed by atoms with Gasteiger partial charge in [-0.1, -0.05) is 12.8 Å². The fourth-order valence-electron chi connectivity index (χ4n) is 2.97. The molecule has 0 aromatic rings. The molecule has 2 atom stereocenters. The SMILES string of the molecule is CSC1CCCCC1N1CCCNCC1. The van der Waals surface area contributed by atoms with E-state index in [4.69, 9.17) is 0 Å². The van der Waals surface area contributed by atoms with E-state index in [0.717, 1.165) is 11.3 Å². The highest BCUT2D eigenvalue weighted by Crippen LogP contribution is 2.30. The first-order valence-electron chi connectivity index (χ1n) is 6.39. The summed E-state index contributed by atoms with van der Waals surface area (Å²) in [6.07, 6.45) is 9.40. The lowest BCUT2D eigenvalue weighted by molar-refractivity contribution is 0.172. The molecule has 0 amide bonds. The second-order valence-corrected chi connectivity index (χ2v) is 5.84. The number of hydrogen-bond donors (Lipinski definition) is 1. The average molecular weight is 228 g/mol. The van der Waals surface area contributed by atoms with Crippen molar-refractivity contribution in [1.82, 2.24) is 10.2 Å². The predicted molar refractivity (Wildman–Crippen MR) is 68.6 cm³/mol. The maximum Gasteiger partial charge on any atom is 0.0215 e. The van der Waals surface area contributed by atoms with Crippen molar-refractivity contribution in [2.45, 2.75) is 43.4 Å². The van der Waals surface area contributed by atoms with E-state index < -0.39 is 0 Å². The minimum absolute atomic E-state index is 0.869. The Balaban J connectivity index is 1.92. The monoisotopic (exact) mass is 228 g/mol. The van der Waals surface area contributed by atoms with Crippen LogP contribution in [0.4, 0.5) is 0 Å². The van der Waals surface area contributed by atoms with Crippen LogP contribution in [0.3, 0.4) is 0 Å².